The summed E-state index contributed by atoms with van der Waals surface area (Å²) in [7, 11) is 0. The maximum Gasteiger partial charge on any atom is 0.173 e. The van der Waals surface area contributed by atoms with Crippen molar-refractivity contribution in [1.82, 2.24) is 0 Å². The summed E-state index contributed by atoms with van der Waals surface area (Å²) in [6.07, 6.45) is 2.39. The third kappa shape index (κ3) is 3.20. The lowest BCUT2D eigenvalue weighted by atomic mass is 9.98. The van der Waals surface area contributed by atoms with Gasteiger partial charge < -0.3 is 15.8 Å². The van der Waals surface area contributed by atoms with Crippen molar-refractivity contribution in [3.8, 4) is 0 Å². The zero-order chi connectivity index (χ0) is 14.5. The molecule has 1 aliphatic heterocycles. The molecule has 0 aromatic heterocycles. The van der Waals surface area contributed by atoms with Gasteiger partial charge in [0, 0.05) is 23.7 Å². The summed E-state index contributed by atoms with van der Waals surface area (Å²) in [5.41, 5.74) is 7.88. The molecule has 110 valence electrons. The van der Waals surface area contributed by atoms with E-state index in [4.69, 9.17) is 10.9 Å². The van der Waals surface area contributed by atoms with Gasteiger partial charge in [-0.2, -0.15) is 0 Å². The number of thioether (sulfide) groups is 1. The number of amidine groups is 1. The van der Waals surface area contributed by atoms with E-state index in [1.165, 1.54) is 12.8 Å². The maximum atomic E-state index is 9.08. The summed E-state index contributed by atoms with van der Waals surface area (Å²) in [4.78, 5) is 3.44. The van der Waals surface area contributed by atoms with Gasteiger partial charge in [0.15, 0.2) is 5.84 Å². The number of anilines is 1. The number of nitrogens with zero attached hydrogens (tertiary/aromatic N) is 2. The molecule has 5 heteroatoms. The van der Waals surface area contributed by atoms with Gasteiger partial charge in [0.2, 0.25) is 0 Å². The molecule has 3 N–H and O–H groups in total. The van der Waals surface area contributed by atoms with Crippen LogP contribution in [0.2, 0.25) is 0 Å². The summed E-state index contributed by atoms with van der Waals surface area (Å²) in [6.45, 7) is 6.47. The first-order chi connectivity index (χ1) is 9.67. The van der Waals surface area contributed by atoms with Crippen LogP contribution in [0.25, 0.3) is 0 Å². The van der Waals surface area contributed by atoms with Crippen LogP contribution in [-0.4, -0.2) is 29.9 Å². The molecule has 1 aliphatic rings. The first kappa shape index (κ1) is 15.0. The van der Waals surface area contributed by atoms with Gasteiger partial charge in [0.1, 0.15) is 0 Å². The fourth-order valence-corrected chi connectivity index (χ4v) is 3.46. The fourth-order valence-electron chi connectivity index (χ4n) is 2.62. The van der Waals surface area contributed by atoms with Crippen molar-refractivity contribution in [2.75, 3.05) is 23.7 Å². The number of benzene rings is 1. The topological polar surface area (TPSA) is 61.8 Å². The van der Waals surface area contributed by atoms with Gasteiger partial charge in [-0.25, -0.2) is 0 Å². The summed E-state index contributed by atoms with van der Waals surface area (Å²) in [5.74, 6) is 1.95. The van der Waals surface area contributed by atoms with Crippen molar-refractivity contribution < 1.29 is 5.21 Å². The average molecular weight is 293 g/mol. The number of nitrogens with two attached hydrogens (primary N) is 1. The largest absolute Gasteiger partial charge is 0.409 e. The molecule has 2 rings (SSSR count). The minimum Gasteiger partial charge on any atom is -0.409 e. The van der Waals surface area contributed by atoms with Gasteiger partial charge in [-0.1, -0.05) is 25.1 Å². The standard InChI is InChI=1S/C15H23N3OS/c1-3-20-13-6-4-5-12(14(13)15(16)17-19)18-9-7-11(2)8-10-18/h4-6,11,19H,3,7-10H2,1-2H3,(H2,16,17). The Hall–Kier alpha value is -1.36. The molecule has 0 amide bonds. The first-order valence-electron chi connectivity index (χ1n) is 7.16. The Bertz CT molecular complexity index is 482. The van der Waals surface area contributed by atoms with Crippen LogP contribution in [0.1, 0.15) is 32.3 Å². The predicted molar refractivity (Wildman–Crippen MR) is 86.0 cm³/mol. The van der Waals surface area contributed by atoms with Gasteiger partial charge in [-0.3, -0.25) is 0 Å². The molecule has 0 atom stereocenters. The van der Waals surface area contributed by atoms with Crippen molar-refractivity contribution in [3.05, 3.63) is 23.8 Å². The third-order valence-electron chi connectivity index (χ3n) is 3.79. The van der Waals surface area contributed by atoms with E-state index in [0.717, 1.165) is 40.9 Å². The first-order valence-corrected chi connectivity index (χ1v) is 8.14. The molecule has 1 aromatic carbocycles. The number of rotatable bonds is 4. The van der Waals surface area contributed by atoms with Crippen molar-refractivity contribution in [2.24, 2.45) is 16.8 Å². The number of oxime groups is 1. The van der Waals surface area contributed by atoms with Gasteiger partial charge in [0.05, 0.1) is 5.56 Å². The Morgan fingerprint density at radius 3 is 2.75 bits per heavy atom. The Balaban J connectivity index is 2.38. The molecule has 1 saturated heterocycles. The van der Waals surface area contributed by atoms with Gasteiger partial charge in [-0.15, -0.1) is 11.8 Å². The number of hydrogen-bond donors (Lipinski definition) is 2. The lowest BCUT2D eigenvalue weighted by molar-refractivity contribution is 0.318. The van der Waals surface area contributed by atoms with Crippen LogP contribution in [-0.2, 0) is 0 Å². The molecule has 1 fully saturated rings. The molecular formula is C15H23N3OS. The van der Waals surface area contributed by atoms with Crippen molar-refractivity contribution in [3.63, 3.8) is 0 Å². The van der Waals surface area contributed by atoms with Crippen LogP contribution in [0.15, 0.2) is 28.3 Å². The smallest absolute Gasteiger partial charge is 0.173 e. The zero-order valence-electron chi connectivity index (χ0n) is 12.2. The quantitative estimate of drug-likeness (QED) is 0.294. The summed E-state index contributed by atoms with van der Waals surface area (Å²) in [6, 6.07) is 6.17. The Kier molecular flexibility index (Phi) is 5.17. The Morgan fingerprint density at radius 2 is 2.15 bits per heavy atom. The van der Waals surface area contributed by atoms with Gasteiger partial charge >= 0.3 is 0 Å². The van der Waals surface area contributed by atoms with E-state index in [0.29, 0.717) is 0 Å². The Morgan fingerprint density at radius 1 is 1.45 bits per heavy atom. The molecule has 0 radical (unpaired) electrons. The monoisotopic (exact) mass is 293 g/mol. The fraction of sp³-hybridized carbons (Fsp3) is 0.533. The second-order valence-corrected chi connectivity index (χ2v) is 6.54. The van der Waals surface area contributed by atoms with E-state index in [9.17, 15) is 0 Å². The molecule has 0 aliphatic carbocycles. The molecule has 20 heavy (non-hydrogen) atoms. The number of hydrogen-bond acceptors (Lipinski definition) is 4. The van der Waals surface area contributed by atoms with Gasteiger partial charge in [-0.05, 0) is 36.6 Å². The summed E-state index contributed by atoms with van der Waals surface area (Å²) < 4.78 is 0. The highest BCUT2D eigenvalue weighted by atomic mass is 32.2. The molecule has 1 aromatic rings. The molecule has 0 spiro atoms. The third-order valence-corrected chi connectivity index (χ3v) is 4.73. The predicted octanol–water partition coefficient (Wildman–Crippen LogP) is 3.13. The van der Waals surface area contributed by atoms with E-state index in [1.54, 1.807) is 11.8 Å². The van der Waals surface area contributed by atoms with Crippen LogP contribution in [0.4, 0.5) is 5.69 Å². The lowest BCUT2D eigenvalue weighted by Gasteiger charge is -2.33. The highest BCUT2D eigenvalue weighted by molar-refractivity contribution is 7.99. The van der Waals surface area contributed by atoms with Crippen LogP contribution >= 0.6 is 11.8 Å². The van der Waals surface area contributed by atoms with Crippen LogP contribution in [0, 0.1) is 5.92 Å². The van der Waals surface area contributed by atoms with Crippen molar-refractivity contribution >= 4 is 23.3 Å². The van der Waals surface area contributed by atoms with Crippen LogP contribution in [0.5, 0.6) is 0 Å². The molecule has 1 heterocycles. The number of piperidine rings is 1. The average Bonchev–Trinajstić information content (AvgIpc) is 2.47. The summed E-state index contributed by atoms with van der Waals surface area (Å²) in [5, 5.41) is 12.3. The summed E-state index contributed by atoms with van der Waals surface area (Å²) >= 11 is 1.73. The van der Waals surface area contributed by atoms with Crippen LogP contribution in [0.3, 0.4) is 0 Å². The molecule has 0 bridgehead atoms. The molecular weight excluding hydrogens is 270 g/mol. The van der Waals surface area contributed by atoms with Gasteiger partial charge in [0.25, 0.3) is 0 Å². The van der Waals surface area contributed by atoms with Crippen LogP contribution < -0.4 is 10.6 Å². The van der Waals surface area contributed by atoms with Crippen molar-refractivity contribution in [2.45, 2.75) is 31.6 Å². The highest BCUT2D eigenvalue weighted by Gasteiger charge is 2.21. The van der Waals surface area contributed by atoms with Crippen molar-refractivity contribution in [1.29, 1.82) is 0 Å². The lowest BCUT2D eigenvalue weighted by Crippen LogP contribution is -2.34. The second kappa shape index (κ2) is 6.88. The molecule has 0 unspecified atom stereocenters. The maximum absolute atomic E-state index is 9.08. The molecule has 4 nitrogen and oxygen atoms in total. The Labute approximate surface area is 125 Å². The minimum atomic E-state index is 0.204. The normalized spacial score (nSPS) is 17.5. The molecule has 0 saturated carbocycles. The van der Waals surface area contributed by atoms with E-state index in [2.05, 4.69) is 36.0 Å². The van der Waals surface area contributed by atoms with E-state index in [1.807, 2.05) is 6.07 Å². The minimum absolute atomic E-state index is 0.204. The van der Waals surface area contributed by atoms with E-state index >= 15 is 0 Å². The second-order valence-electron chi connectivity index (χ2n) is 5.24. The SMILES string of the molecule is CCSc1cccc(N2CCC(C)CC2)c1/C(N)=N/O. The highest BCUT2D eigenvalue weighted by Crippen LogP contribution is 2.32. The van der Waals surface area contributed by atoms with E-state index < -0.39 is 0 Å². The zero-order valence-corrected chi connectivity index (χ0v) is 13.0. The van der Waals surface area contributed by atoms with E-state index in [-0.39, 0.29) is 5.84 Å².